The van der Waals surface area contributed by atoms with Crippen molar-refractivity contribution in [3.05, 3.63) is 169 Å². The molecule has 0 spiro atoms. The highest BCUT2D eigenvalue weighted by molar-refractivity contribution is 7.21. The predicted molar refractivity (Wildman–Crippen MR) is 216 cm³/mol. The molecule has 0 fully saturated rings. The summed E-state index contributed by atoms with van der Waals surface area (Å²) in [5.41, 5.74) is 13.8. The summed E-state index contributed by atoms with van der Waals surface area (Å²) >= 11 is 1.71. The van der Waals surface area contributed by atoms with Gasteiger partial charge in [0.05, 0.1) is 10.2 Å². The molecule has 1 aliphatic rings. The Morgan fingerprint density at radius 2 is 1.13 bits per heavy atom. The van der Waals surface area contributed by atoms with Gasteiger partial charge in [-0.3, -0.25) is 0 Å². The standard InChI is InChI=1S/C47H28N4OS/c1-2-10-29(11-3-1)44-49-45(33-25-24-32-26-31-12-4-5-13-34(31)38(32)27-33)51-46(50-44)37-16-9-18-40-42(37)36-15-8-14-35(43(36)52-40)28-20-22-30(23-21-28)47-48-39-17-6-7-19-41(39)53-47/h1-25,27H,26H2. The molecule has 5 nitrogen and oxygen atoms in total. The number of fused-ring (bicyclic) bond motifs is 7. The van der Waals surface area contributed by atoms with E-state index in [2.05, 4.69) is 109 Å². The molecule has 0 saturated carbocycles. The van der Waals surface area contributed by atoms with Gasteiger partial charge >= 0.3 is 0 Å². The molecule has 7 aromatic carbocycles. The van der Waals surface area contributed by atoms with Crippen molar-refractivity contribution in [2.45, 2.75) is 6.42 Å². The van der Waals surface area contributed by atoms with E-state index in [9.17, 15) is 0 Å². The monoisotopic (exact) mass is 696 g/mol. The van der Waals surface area contributed by atoms with Crippen LogP contribution in [0.25, 0.3) is 99.1 Å². The van der Waals surface area contributed by atoms with Crippen molar-refractivity contribution in [1.29, 1.82) is 0 Å². The van der Waals surface area contributed by atoms with Crippen molar-refractivity contribution >= 4 is 43.5 Å². The second-order valence-electron chi connectivity index (χ2n) is 13.4. The van der Waals surface area contributed by atoms with Crippen molar-refractivity contribution in [2.24, 2.45) is 0 Å². The molecule has 0 unspecified atom stereocenters. The van der Waals surface area contributed by atoms with E-state index in [-0.39, 0.29) is 0 Å². The van der Waals surface area contributed by atoms with Gasteiger partial charge in [0, 0.05) is 38.6 Å². The number of thiazole rings is 1. The van der Waals surface area contributed by atoms with Gasteiger partial charge in [-0.2, -0.15) is 0 Å². The fraction of sp³-hybridized carbons (Fsp3) is 0.0213. The molecule has 1 aliphatic carbocycles. The maximum Gasteiger partial charge on any atom is 0.164 e. The fourth-order valence-corrected chi connectivity index (χ4v) is 8.63. The molecule has 0 atom stereocenters. The molecule has 0 radical (unpaired) electrons. The lowest BCUT2D eigenvalue weighted by Gasteiger charge is -2.10. The number of hydrogen-bond donors (Lipinski definition) is 0. The second-order valence-corrected chi connectivity index (χ2v) is 14.4. The quantitative estimate of drug-likeness (QED) is 0.179. The van der Waals surface area contributed by atoms with Crippen molar-refractivity contribution < 1.29 is 4.42 Å². The van der Waals surface area contributed by atoms with E-state index in [0.29, 0.717) is 17.5 Å². The minimum Gasteiger partial charge on any atom is -0.455 e. The van der Waals surface area contributed by atoms with Crippen LogP contribution < -0.4 is 0 Å². The Morgan fingerprint density at radius 3 is 2.02 bits per heavy atom. The zero-order valence-electron chi connectivity index (χ0n) is 28.3. The molecule has 11 rings (SSSR count). The van der Waals surface area contributed by atoms with Gasteiger partial charge in [-0.1, -0.05) is 133 Å². The van der Waals surface area contributed by atoms with Crippen LogP contribution in [0.15, 0.2) is 162 Å². The van der Waals surface area contributed by atoms with Crippen LogP contribution in [0, 0.1) is 0 Å². The minimum absolute atomic E-state index is 0.605. The summed E-state index contributed by atoms with van der Waals surface area (Å²) in [5.74, 6) is 1.87. The van der Waals surface area contributed by atoms with Gasteiger partial charge in [0.2, 0.25) is 0 Å². The lowest BCUT2D eigenvalue weighted by molar-refractivity contribution is 0.670. The minimum atomic E-state index is 0.605. The van der Waals surface area contributed by atoms with E-state index >= 15 is 0 Å². The fourth-order valence-electron chi connectivity index (χ4n) is 7.65. The van der Waals surface area contributed by atoms with Crippen LogP contribution in [-0.2, 0) is 6.42 Å². The third-order valence-corrected chi connectivity index (χ3v) is 11.3. The van der Waals surface area contributed by atoms with Crippen LogP contribution in [0.3, 0.4) is 0 Å². The Bertz CT molecular complexity index is 3000. The Balaban J connectivity index is 1.05. The van der Waals surface area contributed by atoms with E-state index in [1.165, 1.54) is 27.0 Å². The van der Waals surface area contributed by atoms with Gasteiger partial charge in [0.1, 0.15) is 16.2 Å². The lowest BCUT2D eigenvalue weighted by Crippen LogP contribution is -2.00. The van der Waals surface area contributed by atoms with Crippen molar-refractivity contribution in [3.8, 4) is 67.0 Å². The zero-order chi connectivity index (χ0) is 34.9. The van der Waals surface area contributed by atoms with E-state index in [0.717, 1.165) is 72.3 Å². The second kappa shape index (κ2) is 11.9. The molecule has 0 aliphatic heterocycles. The van der Waals surface area contributed by atoms with Gasteiger partial charge in [0.15, 0.2) is 17.5 Å². The van der Waals surface area contributed by atoms with Crippen LogP contribution in [-0.4, -0.2) is 19.9 Å². The third-order valence-electron chi connectivity index (χ3n) is 10.2. The highest BCUT2D eigenvalue weighted by atomic mass is 32.1. The van der Waals surface area contributed by atoms with Gasteiger partial charge in [-0.05, 0) is 58.5 Å². The van der Waals surface area contributed by atoms with Gasteiger partial charge in [0.25, 0.3) is 0 Å². The SMILES string of the molecule is c1ccc(-c2nc(-c3ccc4c(c3)-c3ccccc3C4)nc(-c3cccc4oc5c(-c6ccc(-c7nc8ccccc8s7)cc6)cccc5c34)n2)cc1. The number of aromatic nitrogens is 4. The first-order valence-corrected chi connectivity index (χ1v) is 18.5. The average molecular weight is 697 g/mol. The van der Waals surface area contributed by atoms with Gasteiger partial charge < -0.3 is 4.42 Å². The molecule has 3 heterocycles. The van der Waals surface area contributed by atoms with Gasteiger partial charge in [-0.25, -0.2) is 19.9 Å². The Morgan fingerprint density at radius 1 is 0.453 bits per heavy atom. The van der Waals surface area contributed by atoms with Crippen LogP contribution in [0.1, 0.15) is 11.1 Å². The number of benzene rings is 7. The van der Waals surface area contributed by atoms with E-state index in [1.807, 2.05) is 48.5 Å². The third kappa shape index (κ3) is 4.99. The maximum atomic E-state index is 6.69. The van der Waals surface area contributed by atoms with Crippen LogP contribution >= 0.6 is 11.3 Å². The summed E-state index contributed by atoms with van der Waals surface area (Å²) in [6.07, 6.45) is 0.939. The highest BCUT2D eigenvalue weighted by Gasteiger charge is 2.22. The summed E-state index contributed by atoms with van der Waals surface area (Å²) in [6, 6.07) is 54.7. The molecule has 6 heteroatoms. The first-order valence-electron chi connectivity index (χ1n) is 17.7. The molecule has 0 bridgehead atoms. The van der Waals surface area contributed by atoms with Crippen LogP contribution in [0.2, 0.25) is 0 Å². The summed E-state index contributed by atoms with van der Waals surface area (Å²) in [5, 5.41) is 3.01. The topological polar surface area (TPSA) is 64.7 Å². The maximum absolute atomic E-state index is 6.69. The molecule has 248 valence electrons. The number of hydrogen-bond acceptors (Lipinski definition) is 6. The Hall–Kier alpha value is -6.76. The van der Waals surface area contributed by atoms with Crippen molar-refractivity contribution in [3.63, 3.8) is 0 Å². The zero-order valence-corrected chi connectivity index (χ0v) is 29.1. The van der Waals surface area contributed by atoms with Crippen LogP contribution in [0.4, 0.5) is 0 Å². The highest BCUT2D eigenvalue weighted by Crippen LogP contribution is 2.42. The Labute approximate surface area is 308 Å². The average Bonchev–Trinajstić information content (AvgIpc) is 3.94. The van der Waals surface area contributed by atoms with E-state index in [1.54, 1.807) is 11.3 Å². The smallest absolute Gasteiger partial charge is 0.164 e. The van der Waals surface area contributed by atoms with E-state index < -0.39 is 0 Å². The molecule has 53 heavy (non-hydrogen) atoms. The first kappa shape index (κ1) is 29.9. The Kier molecular flexibility index (Phi) is 6.72. The molecule has 3 aromatic heterocycles. The molecule has 0 amide bonds. The van der Waals surface area contributed by atoms with Gasteiger partial charge in [-0.15, -0.1) is 11.3 Å². The predicted octanol–water partition coefficient (Wildman–Crippen LogP) is 12.3. The largest absolute Gasteiger partial charge is 0.455 e. The molecule has 10 aromatic rings. The van der Waals surface area contributed by atoms with E-state index in [4.69, 9.17) is 24.4 Å². The van der Waals surface area contributed by atoms with Crippen LogP contribution in [0.5, 0.6) is 0 Å². The summed E-state index contributed by atoms with van der Waals surface area (Å²) < 4.78 is 7.88. The molecule has 0 saturated heterocycles. The number of nitrogens with zero attached hydrogens (tertiary/aromatic N) is 4. The molecular formula is C47H28N4OS. The van der Waals surface area contributed by atoms with Crippen molar-refractivity contribution in [2.75, 3.05) is 0 Å². The molecule has 0 N–H and O–H groups in total. The normalized spacial score (nSPS) is 12.1. The summed E-state index contributed by atoms with van der Waals surface area (Å²) in [6.45, 7) is 0. The lowest BCUT2D eigenvalue weighted by atomic mass is 9.99. The van der Waals surface area contributed by atoms with Crippen molar-refractivity contribution in [1.82, 2.24) is 19.9 Å². The number of para-hydroxylation sites is 2. The number of rotatable bonds is 5. The summed E-state index contributed by atoms with van der Waals surface area (Å²) in [7, 11) is 0. The molecular weight excluding hydrogens is 669 g/mol. The number of furan rings is 1. The first-order chi connectivity index (χ1) is 26.2. The summed E-state index contributed by atoms with van der Waals surface area (Å²) in [4.78, 5) is 20.2.